The molecule has 7 heteroatoms. The molecule has 1 heterocycles. The summed E-state index contributed by atoms with van der Waals surface area (Å²) < 4.78 is 5.81. The first-order valence-electron chi connectivity index (χ1n) is 10.4. The van der Waals surface area contributed by atoms with Crippen LogP contribution in [0.25, 0.3) is 6.08 Å². The van der Waals surface area contributed by atoms with Crippen molar-refractivity contribution in [1.29, 1.82) is 0 Å². The zero-order valence-electron chi connectivity index (χ0n) is 17.5. The molecule has 7 nitrogen and oxygen atoms in total. The van der Waals surface area contributed by atoms with Gasteiger partial charge in [-0.05, 0) is 50.1 Å². The molecule has 0 aromatic heterocycles. The lowest BCUT2D eigenvalue weighted by atomic mass is 10.1. The number of non-ortho nitro benzene ring substituents is 1. The van der Waals surface area contributed by atoms with E-state index < -0.39 is 22.8 Å². The van der Waals surface area contributed by atoms with E-state index in [-0.39, 0.29) is 11.3 Å². The van der Waals surface area contributed by atoms with E-state index in [0.717, 1.165) is 31.5 Å². The normalized spacial score (nSPS) is 15.8. The summed E-state index contributed by atoms with van der Waals surface area (Å²) in [7, 11) is 0. The smallest absolute Gasteiger partial charge is 0.342 e. The molecular formula is C24H26N2O5. The molecule has 1 aliphatic heterocycles. The third-order valence-corrected chi connectivity index (χ3v) is 5.28. The van der Waals surface area contributed by atoms with Gasteiger partial charge < -0.3 is 4.74 Å². The fourth-order valence-corrected chi connectivity index (χ4v) is 3.65. The molecule has 0 bridgehead atoms. The first kappa shape index (κ1) is 22.4. The number of piperidine rings is 1. The van der Waals surface area contributed by atoms with Crippen LogP contribution in [0.1, 0.15) is 43.4 Å². The number of Topliss-reactive ketones (excluding diaryl/α,β-unsaturated/α-hetero) is 1. The number of nitro groups is 1. The Morgan fingerprint density at radius 3 is 2.45 bits per heavy atom. The summed E-state index contributed by atoms with van der Waals surface area (Å²) in [4.78, 5) is 37.9. The molecule has 1 saturated heterocycles. The van der Waals surface area contributed by atoms with Gasteiger partial charge >= 0.3 is 5.97 Å². The quantitative estimate of drug-likeness (QED) is 0.157. The highest BCUT2D eigenvalue weighted by Gasteiger charge is 2.25. The van der Waals surface area contributed by atoms with Crippen molar-refractivity contribution in [2.75, 3.05) is 19.6 Å². The number of hydrogen-bond donors (Lipinski definition) is 0. The first-order chi connectivity index (χ1) is 14.9. The highest BCUT2D eigenvalue weighted by molar-refractivity contribution is 6.19. The summed E-state index contributed by atoms with van der Waals surface area (Å²) in [6.07, 6.45) is 4.26. The van der Waals surface area contributed by atoms with Crippen LogP contribution in [-0.2, 0) is 14.3 Å². The van der Waals surface area contributed by atoms with Crippen molar-refractivity contribution >= 4 is 23.5 Å². The predicted molar refractivity (Wildman–Crippen MR) is 117 cm³/mol. The lowest BCUT2D eigenvalue weighted by Crippen LogP contribution is -2.35. The van der Waals surface area contributed by atoms with E-state index >= 15 is 0 Å². The summed E-state index contributed by atoms with van der Waals surface area (Å²) in [5.41, 5.74) is 1.00. The maximum Gasteiger partial charge on any atom is 0.342 e. The van der Waals surface area contributed by atoms with Crippen LogP contribution in [0, 0.1) is 10.1 Å². The van der Waals surface area contributed by atoms with Crippen LogP contribution in [0.5, 0.6) is 0 Å². The summed E-state index contributed by atoms with van der Waals surface area (Å²) in [5, 5.41) is 11.0. The maximum absolute atomic E-state index is 13.0. The van der Waals surface area contributed by atoms with Crippen molar-refractivity contribution in [2.24, 2.45) is 0 Å². The standard InChI is InChI=1S/C24H26N2O5/c1-18(27)22(16-19-9-8-12-21(15-19)26(29)30)24(28)31-23(20-10-4-2-5-11-20)17-25-13-6-3-7-14-25/h2,4-5,8-12,15-16,23H,3,6-7,13-14,17H2,1H3/b22-16+. The number of carbonyl (C=O) groups is 2. The minimum atomic E-state index is -0.732. The average Bonchev–Trinajstić information content (AvgIpc) is 2.78. The number of benzene rings is 2. The summed E-state index contributed by atoms with van der Waals surface area (Å²) in [5.74, 6) is -1.19. The molecule has 2 aromatic carbocycles. The van der Waals surface area contributed by atoms with Crippen LogP contribution in [0.4, 0.5) is 5.69 Å². The van der Waals surface area contributed by atoms with Crippen LogP contribution in [0.3, 0.4) is 0 Å². The SMILES string of the molecule is CC(=O)/C(=C\c1cccc([N+](=O)[O-])c1)C(=O)OC(CN1CCCCC1)c1ccccc1. The van der Waals surface area contributed by atoms with Crippen molar-refractivity contribution < 1.29 is 19.2 Å². The number of hydrogen-bond acceptors (Lipinski definition) is 6. The fraction of sp³-hybridized carbons (Fsp3) is 0.333. The zero-order valence-corrected chi connectivity index (χ0v) is 17.5. The van der Waals surface area contributed by atoms with E-state index in [1.807, 2.05) is 30.3 Å². The molecule has 31 heavy (non-hydrogen) atoms. The van der Waals surface area contributed by atoms with Gasteiger partial charge in [-0.15, -0.1) is 0 Å². The topological polar surface area (TPSA) is 89.8 Å². The molecule has 1 unspecified atom stereocenters. The molecule has 0 radical (unpaired) electrons. The van der Waals surface area contributed by atoms with Gasteiger partial charge in [0.1, 0.15) is 11.7 Å². The van der Waals surface area contributed by atoms with Gasteiger partial charge in [-0.25, -0.2) is 4.79 Å². The number of likely N-dealkylation sites (tertiary alicyclic amines) is 1. The number of ether oxygens (including phenoxy) is 1. The minimum Gasteiger partial charge on any atom is -0.452 e. The van der Waals surface area contributed by atoms with E-state index in [2.05, 4.69) is 4.90 Å². The van der Waals surface area contributed by atoms with Gasteiger partial charge in [-0.3, -0.25) is 19.8 Å². The number of carbonyl (C=O) groups excluding carboxylic acids is 2. The molecule has 162 valence electrons. The van der Waals surface area contributed by atoms with Crippen LogP contribution in [-0.4, -0.2) is 41.2 Å². The van der Waals surface area contributed by atoms with Gasteiger partial charge in [0, 0.05) is 18.7 Å². The van der Waals surface area contributed by atoms with Crippen LogP contribution in [0.15, 0.2) is 60.2 Å². The Kier molecular flexibility index (Phi) is 7.67. The molecule has 1 fully saturated rings. The van der Waals surface area contributed by atoms with Gasteiger partial charge in [0.05, 0.1) is 4.92 Å². The Labute approximate surface area is 181 Å². The van der Waals surface area contributed by atoms with E-state index in [0.29, 0.717) is 12.1 Å². The Hall–Kier alpha value is -3.32. The monoisotopic (exact) mass is 422 g/mol. The third kappa shape index (κ3) is 6.33. The largest absolute Gasteiger partial charge is 0.452 e. The maximum atomic E-state index is 13.0. The van der Waals surface area contributed by atoms with Gasteiger partial charge in [0.15, 0.2) is 5.78 Å². The summed E-state index contributed by atoms with van der Waals surface area (Å²) >= 11 is 0. The van der Waals surface area contributed by atoms with Crippen molar-refractivity contribution in [2.45, 2.75) is 32.3 Å². The molecule has 2 aromatic rings. The zero-order chi connectivity index (χ0) is 22.2. The van der Waals surface area contributed by atoms with Gasteiger partial charge in [0.25, 0.3) is 5.69 Å². The lowest BCUT2D eigenvalue weighted by molar-refractivity contribution is -0.384. The van der Waals surface area contributed by atoms with E-state index in [4.69, 9.17) is 4.74 Å². The van der Waals surface area contributed by atoms with Gasteiger partial charge in [0.2, 0.25) is 0 Å². The fourth-order valence-electron chi connectivity index (χ4n) is 3.65. The molecule has 1 aliphatic rings. The van der Waals surface area contributed by atoms with Gasteiger partial charge in [-0.2, -0.15) is 0 Å². The lowest BCUT2D eigenvalue weighted by Gasteiger charge is -2.30. The van der Waals surface area contributed by atoms with Crippen molar-refractivity contribution in [3.8, 4) is 0 Å². The van der Waals surface area contributed by atoms with Crippen molar-refractivity contribution in [1.82, 2.24) is 4.90 Å². The molecule has 1 atom stereocenters. The van der Waals surface area contributed by atoms with Crippen LogP contribution in [0.2, 0.25) is 0 Å². The molecule has 0 saturated carbocycles. The average molecular weight is 422 g/mol. The Bertz CT molecular complexity index is 965. The number of nitrogens with zero attached hydrogens (tertiary/aromatic N) is 2. The summed E-state index contributed by atoms with van der Waals surface area (Å²) in [6, 6.07) is 15.3. The second-order valence-electron chi connectivity index (χ2n) is 7.63. The molecule has 3 rings (SSSR count). The highest BCUT2D eigenvalue weighted by atomic mass is 16.6. The predicted octanol–water partition coefficient (Wildman–Crippen LogP) is 4.34. The number of nitro benzene ring substituents is 1. The minimum absolute atomic E-state index is 0.114. The number of esters is 1. The molecule has 0 N–H and O–H groups in total. The molecule has 0 amide bonds. The Morgan fingerprint density at radius 1 is 1.10 bits per heavy atom. The highest BCUT2D eigenvalue weighted by Crippen LogP contribution is 2.24. The van der Waals surface area contributed by atoms with Crippen molar-refractivity contribution in [3.63, 3.8) is 0 Å². The number of ketones is 1. The second kappa shape index (κ2) is 10.6. The third-order valence-electron chi connectivity index (χ3n) is 5.28. The summed E-state index contributed by atoms with van der Waals surface area (Å²) in [6.45, 7) is 3.73. The first-order valence-corrected chi connectivity index (χ1v) is 10.4. The Balaban J connectivity index is 1.84. The van der Waals surface area contributed by atoms with Crippen molar-refractivity contribution in [3.05, 3.63) is 81.4 Å². The van der Waals surface area contributed by atoms with E-state index in [9.17, 15) is 19.7 Å². The van der Waals surface area contributed by atoms with E-state index in [1.165, 1.54) is 37.6 Å². The molecule has 0 aliphatic carbocycles. The number of rotatable bonds is 8. The van der Waals surface area contributed by atoms with Crippen LogP contribution < -0.4 is 0 Å². The van der Waals surface area contributed by atoms with Crippen LogP contribution >= 0.6 is 0 Å². The van der Waals surface area contributed by atoms with Gasteiger partial charge in [-0.1, -0.05) is 48.9 Å². The van der Waals surface area contributed by atoms with E-state index in [1.54, 1.807) is 6.07 Å². The second-order valence-corrected chi connectivity index (χ2v) is 7.63. The Morgan fingerprint density at radius 2 is 1.81 bits per heavy atom. The molecule has 0 spiro atoms. The molecular weight excluding hydrogens is 396 g/mol.